The number of imidazole rings is 1. The van der Waals surface area contributed by atoms with Gasteiger partial charge in [-0.25, -0.2) is 9.78 Å². The SMILES string of the molecule is Cc1nnc(SCCCn2c(=O)c3c(ncn3C)n(C)c2=O)n1C1CC1. The summed E-state index contributed by atoms with van der Waals surface area (Å²) in [4.78, 5) is 29.3. The first-order valence-electron chi connectivity index (χ1n) is 8.64. The smallest absolute Gasteiger partial charge is 0.328 e. The minimum Gasteiger partial charge on any atom is -0.328 e. The molecule has 3 aromatic rings. The van der Waals surface area contributed by atoms with E-state index >= 15 is 0 Å². The molecule has 9 nitrogen and oxygen atoms in total. The summed E-state index contributed by atoms with van der Waals surface area (Å²) in [7, 11) is 3.40. The lowest BCUT2D eigenvalue weighted by Gasteiger charge is -2.09. The number of fused-ring (bicyclic) bond motifs is 1. The average Bonchev–Trinajstić information content (AvgIpc) is 3.27. The fourth-order valence-corrected chi connectivity index (χ4v) is 4.16. The summed E-state index contributed by atoms with van der Waals surface area (Å²) in [6.45, 7) is 2.35. The lowest BCUT2D eigenvalue weighted by atomic mass is 10.4. The molecular formula is C16H21N7O2S. The molecule has 0 aromatic carbocycles. The van der Waals surface area contributed by atoms with Crippen LogP contribution in [0.4, 0.5) is 0 Å². The van der Waals surface area contributed by atoms with Gasteiger partial charge < -0.3 is 9.13 Å². The van der Waals surface area contributed by atoms with Crippen LogP contribution in [0.25, 0.3) is 11.2 Å². The molecule has 0 atom stereocenters. The summed E-state index contributed by atoms with van der Waals surface area (Å²) >= 11 is 1.63. The van der Waals surface area contributed by atoms with Gasteiger partial charge in [0.05, 0.1) is 6.33 Å². The van der Waals surface area contributed by atoms with E-state index in [4.69, 9.17) is 0 Å². The maximum atomic E-state index is 12.7. The van der Waals surface area contributed by atoms with Crippen LogP contribution in [0.1, 0.15) is 31.1 Å². The third-order valence-corrected chi connectivity index (χ3v) is 5.73. The lowest BCUT2D eigenvalue weighted by molar-refractivity contribution is 0.593. The Labute approximate surface area is 153 Å². The van der Waals surface area contributed by atoms with E-state index in [-0.39, 0.29) is 11.2 Å². The first-order valence-corrected chi connectivity index (χ1v) is 9.62. The van der Waals surface area contributed by atoms with Crippen molar-refractivity contribution in [2.75, 3.05) is 5.75 Å². The monoisotopic (exact) mass is 375 g/mol. The summed E-state index contributed by atoms with van der Waals surface area (Å²) < 4.78 is 6.57. The number of hydrogen-bond donors (Lipinski definition) is 0. The van der Waals surface area contributed by atoms with Crippen LogP contribution in [0.2, 0.25) is 0 Å². The van der Waals surface area contributed by atoms with Crippen molar-refractivity contribution in [3.63, 3.8) is 0 Å². The van der Waals surface area contributed by atoms with E-state index in [2.05, 4.69) is 19.7 Å². The quantitative estimate of drug-likeness (QED) is 0.468. The molecule has 1 saturated carbocycles. The number of hydrogen-bond acceptors (Lipinski definition) is 6. The second-order valence-corrected chi connectivity index (χ2v) is 7.72. The van der Waals surface area contributed by atoms with Crippen molar-refractivity contribution in [3.8, 4) is 0 Å². The molecule has 138 valence electrons. The van der Waals surface area contributed by atoms with Crippen molar-refractivity contribution in [2.45, 2.75) is 43.9 Å². The van der Waals surface area contributed by atoms with Gasteiger partial charge in [-0.2, -0.15) is 0 Å². The van der Waals surface area contributed by atoms with Gasteiger partial charge in [0.1, 0.15) is 5.82 Å². The molecule has 0 saturated heterocycles. The van der Waals surface area contributed by atoms with Gasteiger partial charge in [-0.1, -0.05) is 11.8 Å². The molecule has 3 heterocycles. The molecule has 0 amide bonds. The van der Waals surface area contributed by atoms with Gasteiger partial charge in [-0.3, -0.25) is 13.9 Å². The molecule has 0 spiro atoms. The van der Waals surface area contributed by atoms with Crippen LogP contribution < -0.4 is 11.2 Å². The Morgan fingerprint density at radius 1 is 1.23 bits per heavy atom. The van der Waals surface area contributed by atoms with Gasteiger partial charge in [0.25, 0.3) is 5.56 Å². The van der Waals surface area contributed by atoms with E-state index in [1.165, 1.54) is 22.0 Å². The Morgan fingerprint density at radius 2 is 2.00 bits per heavy atom. The zero-order valence-electron chi connectivity index (χ0n) is 15.0. The van der Waals surface area contributed by atoms with Gasteiger partial charge >= 0.3 is 5.69 Å². The van der Waals surface area contributed by atoms with E-state index in [1.807, 2.05) is 6.92 Å². The largest absolute Gasteiger partial charge is 0.332 e. The van der Waals surface area contributed by atoms with Crippen molar-refractivity contribution in [1.82, 2.24) is 33.4 Å². The molecule has 0 radical (unpaired) electrons. The topological polar surface area (TPSA) is 92.5 Å². The highest BCUT2D eigenvalue weighted by molar-refractivity contribution is 7.99. The number of aryl methyl sites for hydroxylation is 3. The molecule has 4 rings (SSSR count). The van der Waals surface area contributed by atoms with Crippen LogP contribution in [0.3, 0.4) is 0 Å². The highest BCUT2D eigenvalue weighted by atomic mass is 32.2. The first-order chi connectivity index (χ1) is 12.5. The van der Waals surface area contributed by atoms with Crippen LogP contribution in [0, 0.1) is 6.92 Å². The van der Waals surface area contributed by atoms with Crippen molar-refractivity contribution in [2.24, 2.45) is 14.1 Å². The molecule has 0 N–H and O–H groups in total. The zero-order chi connectivity index (χ0) is 18.4. The van der Waals surface area contributed by atoms with Gasteiger partial charge in [0, 0.05) is 32.4 Å². The molecule has 0 unspecified atom stereocenters. The Bertz CT molecular complexity index is 1090. The predicted molar refractivity (Wildman–Crippen MR) is 98.6 cm³/mol. The molecule has 0 aliphatic heterocycles. The van der Waals surface area contributed by atoms with Crippen molar-refractivity contribution >= 4 is 22.9 Å². The van der Waals surface area contributed by atoms with E-state index in [0.717, 1.165) is 16.7 Å². The van der Waals surface area contributed by atoms with Crippen LogP contribution >= 0.6 is 11.8 Å². The second kappa shape index (κ2) is 6.42. The summed E-state index contributed by atoms with van der Waals surface area (Å²) in [5.74, 6) is 1.71. The van der Waals surface area contributed by atoms with Gasteiger partial charge in [0.15, 0.2) is 16.3 Å². The second-order valence-electron chi connectivity index (χ2n) is 6.66. The highest BCUT2D eigenvalue weighted by Crippen LogP contribution is 2.38. The standard InChI is InChI=1S/C16H21N7O2S/c1-10-18-19-15(23(10)11-5-6-11)26-8-4-7-22-14(24)12-13(17-9-20(12)2)21(3)16(22)25/h9,11H,4-8H2,1-3H3. The Kier molecular flexibility index (Phi) is 4.22. The van der Waals surface area contributed by atoms with Crippen LogP contribution in [0.5, 0.6) is 0 Å². The summed E-state index contributed by atoms with van der Waals surface area (Å²) in [6, 6.07) is 0.537. The first kappa shape index (κ1) is 17.1. The normalized spacial score (nSPS) is 14.4. The predicted octanol–water partition coefficient (Wildman–Crippen LogP) is 0.851. The van der Waals surface area contributed by atoms with Gasteiger partial charge in [0.2, 0.25) is 0 Å². The summed E-state index contributed by atoms with van der Waals surface area (Å²) in [6.07, 6.45) is 4.61. The van der Waals surface area contributed by atoms with E-state index in [1.54, 1.807) is 36.8 Å². The van der Waals surface area contributed by atoms with E-state index < -0.39 is 0 Å². The van der Waals surface area contributed by atoms with Crippen molar-refractivity contribution < 1.29 is 0 Å². The van der Waals surface area contributed by atoms with Gasteiger partial charge in [-0.05, 0) is 26.2 Å². The number of thioether (sulfide) groups is 1. The maximum absolute atomic E-state index is 12.7. The Morgan fingerprint density at radius 3 is 2.73 bits per heavy atom. The van der Waals surface area contributed by atoms with Gasteiger partial charge in [-0.15, -0.1) is 10.2 Å². The summed E-state index contributed by atoms with van der Waals surface area (Å²) in [5.41, 5.74) is 0.248. The minimum atomic E-state index is -0.330. The van der Waals surface area contributed by atoms with Crippen molar-refractivity contribution in [3.05, 3.63) is 33.0 Å². The van der Waals surface area contributed by atoms with E-state index in [9.17, 15) is 9.59 Å². The Hall–Kier alpha value is -2.36. The third-order valence-electron chi connectivity index (χ3n) is 4.71. The van der Waals surface area contributed by atoms with Crippen LogP contribution in [0.15, 0.2) is 21.1 Å². The number of nitrogens with zero attached hydrogens (tertiary/aromatic N) is 7. The minimum absolute atomic E-state index is 0.287. The average molecular weight is 375 g/mol. The molecule has 1 aliphatic carbocycles. The molecule has 10 heteroatoms. The fourth-order valence-electron chi connectivity index (χ4n) is 3.18. The zero-order valence-corrected chi connectivity index (χ0v) is 15.9. The van der Waals surface area contributed by atoms with Crippen LogP contribution in [-0.4, -0.2) is 39.2 Å². The Balaban J connectivity index is 1.50. The maximum Gasteiger partial charge on any atom is 0.332 e. The highest BCUT2D eigenvalue weighted by Gasteiger charge is 2.28. The molecule has 26 heavy (non-hydrogen) atoms. The van der Waals surface area contributed by atoms with E-state index in [0.29, 0.717) is 30.2 Å². The molecule has 3 aromatic heterocycles. The molecule has 1 fully saturated rings. The number of aromatic nitrogens is 7. The number of rotatable bonds is 6. The lowest BCUT2D eigenvalue weighted by Crippen LogP contribution is -2.39. The molecular weight excluding hydrogens is 354 g/mol. The molecule has 1 aliphatic rings. The fraction of sp³-hybridized carbons (Fsp3) is 0.562. The third kappa shape index (κ3) is 2.77. The van der Waals surface area contributed by atoms with Crippen molar-refractivity contribution in [1.29, 1.82) is 0 Å². The van der Waals surface area contributed by atoms with Crippen LogP contribution in [-0.2, 0) is 20.6 Å². The summed E-state index contributed by atoms with van der Waals surface area (Å²) in [5, 5.41) is 9.34. The molecule has 0 bridgehead atoms.